The molecule has 0 unspecified atom stereocenters. The number of hydrogen-bond donors (Lipinski definition) is 0. The van der Waals surface area contributed by atoms with Crippen molar-refractivity contribution in [3.8, 4) is 5.75 Å². The molecule has 5 rings (SSSR count). The lowest BCUT2D eigenvalue weighted by atomic mass is 10.0. The summed E-state index contributed by atoms with van der Waals surface area (Å²) in [5.41, 5.74) is 1.38. The molecule has 2 heterocycles. The monoisotopic (exact) mass is 476 g/mol. The van der Waals surface area contributed by atoms with Crippen molar-refractivity contribution in [2.45, 2.75) is 57.1 Å². The molecule has 7 nitrogen and oxygen atoms in total. The van der Waals surface area contributed by atoms with Gasteiger partial charge in [0.25, 0.3) is 0 Å². The Morgan fingerprint density at radius 1 is 0.800 bits per heavy atom. The van der Waals surface area contributed by atoms with Crippen molar-refractivity contribution in [1.29, 1.82) is 0 Å². The van der Waals surface area contributed by atoms with Crippen LogP contribution in [-0.2, 0) is 30.3 Å². The molecule has 0 amide bonds. The number of rotatable bonds is 7. The fraction of sp³-hybridized carbons (Fsp3) is 0.321. The Bertz CT molecular complexity index is 1100. The SMILES string of the molecule is CC1(C)O[C@@H]2[C@@H](OC(=O)c3ccccc3)[C@@H](OCc3ccccc3)O[C@@H](Oc3ccccc3)[C@@H]2O1. The van der Waals surface area contributed by atoms with E-state index in [1.807, 2.05) is 66.7 Å². The molecule has 0 radical (unpaired) electrons. The molecule has 0 aromatic heterocycles. The zero-order valence-corrected chi connectivity index (χ0v) is 19.6. The molecule has 2 saturated heterocycles. The fourth-order valence-electron chi connectivity index (χ4n) is 4.23. The minimum atomic E-state index is -0.949. The molecule has 7 heteroatoms. The standard InChI is InChI=1S/C28H28O7/c1-28(2)34-22-23(32-25(29)20-14-8-4-9-15-20)26(30-18-19-12-6-3-7-13-19)33-27(24(22)35-28)31-21-16-10-5-11-17-21/h3-17,22-24,26-27H,18H2,1-2H3/t22-,23-,24-,26+,27-/m1/s1. The van der Waals surface area contributed by atoms with Crippen LogP contribution in [0.25, 0.3) is 0 Å². The van der Waals surface area contributed by atoms with Crippen LogP contribution >= 0.6 is 0 Å². The number of benzene rings is 3. The molecule has 0 bridgehead atoms. The van der Waals surface area contributed by atoms with Gasteiger partial charge in [-0.1, -0.05) is 66.7 Å². The van der Waals surface area contributed by atoms with Crippen LogP contribution in [0.1, 0.15) is 29.8 Å². The zero-order chi connectivity index (χ0) is 24.3. The van der Waals surface area contributed by atoms with Gasteiger partial charge in [0.2, 0.25) is 12.6 Å². The molecule has 0 spiro atoms. The van der Waals surface area contributed by atoms with Crippen LogP contribution in [0.4, 0.5) is 0 Å². The summed E-state index contributed by atoms with van der Waals surface area (Å²) >= 11 is 0. The van der Waals surface area contributed by atoms with E-state index in [1.165, 1.54) is 0 Å². The van der Waals surface area contributed by atoms with Crippen molar-refractivity contribution in [2.75, 3.05) is 0 Å². The van der Waals surface area contributed by atoms with Crippen molar-refractivity contribution in [1.82, 2.24) is 0 Å². The number of carbonyl (C=O) groups excluding carboxylic acids is 1. The first-order valence-corrected chi connectivity index (χ1v) is 11.6. The second-order valence-corrected chi connectivity index (χ2v) is 8.90. The highest BCUT2D eigenvalue weighted by atomic mass is 16.8. The predicted molar refractivity (Wildman–Crippen MR) is 126 cm³/mol. The molecule has 0 aliphatic carbocycles. The number of ether oxygens (including phenoxy) is 6. The van der Waals surface area contributed by atoms with E-state index in [2.05, 4.69) is 0 Å². The van der Waals surface area contributed by atoms with Gasteiger partial charge in [0.1, 0.15) is 11.9 Å². The summed E-state index contributed by atoms with van der Waals surface area (Å²) in [6, 6.07) is 27.8. The molecule has 0 saturated carbocycles. The highest BCUT2D eigenvalue weighted by Gasteiger charge is 2.58. The first-order valence-electron chi connectivity index (χ1n) is 11.6. The van der Waals surface area contributed by atoms with Crippen LogP contribution in [0.15, 0.2) is 91.0 Å². The van der Waals surface area contributed by atoms with Crippen molar-refractivity contribution >= 4 is 5.97 Å². The van der Waals surface area contributed by atoms with Gasteiger partial charge in [-0.05, 0) is 43.7 Å². The van der Waals surface area contributed by atoms with Crippen molar-refractivity contribution in [3.05, 3.63) is 102 Å². The topological polar surface area (TPSA) is 72.5 Å². The van der Waals surface area contributed by atoms with Gasteiger partial charge in [0.05, 0.1) is 12.2 Å². The molecular weight excluding hydrogens is 448 g/mol. The molecule has 35 heavy (non-hydrogen) atoms. The molecule has 5 atom stereocenters. The van der Waals surface area contributed by atoms with Gasteiger partial charge in [-0.25, -0.2) is 4.79 Å². The predicted octanol–water partition coefficient (Wildman–Crippen LogP) is 4.71. The van der Waals surface area contributed by atoms with Crippen LogP contribution in [0.3, 0.4) is 0 Å². The van der Waals surface area contributed by atoms with Crippen LogP contribution in [0, 0.1) is 0 Å². The average Bonchev–Trinajstić information content (AvgIpc) is 3.21. The Kier molecular flexibility index (Phi) is 6.83. The normalized spacial score (nSPS) is 27.1. The zero-order valence-electron chi connectivity index (χ0n) is 19.6. The maximum atomic E-state index is 13.0. The molecule has 2 fully saturated rings. The quantitative estimate of drug-likeness (QED) is 0.457. The first-order chi connectivity index (χ1) is 17.0. The summed E-state index contributed by atoms with van der Waals surface area (Å²) in [6.07, 6.45) is -3.97. The summed E-state index contributed by atoms with van der Waals surface area (Å²) in [6.45, 7) is 3.87. The van der Waals surface area contributed by atoms with Crippen molar-refractivity contribution in [3.63, 3.8) is 0 Å². The van der Waals surface area contributed by atoms with E-state index >= 15 is 0 Å². The molecule has 3 aromatic rings. The number of esters is 1. The van der Waals surface area contributed by atoms with Gasteiger partial charge in [-0.15, -0.1) is 0 Å². The molecule has 3 aromatic carbocycles. The lowest BCUT2D eigenvalue weighted by Gasteiger charge is -2.41. The van der Waals surface area contributed by atoms with Crippen LogP contribution < -0.4 is 4.74 Å². The maximum Gasteiger partial charge on any atom is 0.338 e. The van der Waals surface area contributed by atoms with Gasteiger partial charge in [-0.2, -0.15) is 0 Å². The van der Waals surface area contributed by atoms with Gasteiger partial charge in [0.15, 0.2) is 18.0 Å². The van der Waals surface area contributed by atoms with Crippen LogP contribution in [0.5, 0.6) is 5.75 Å². The minimum absolute atomic E-state index is 0.255. The largest absolute Gasteiger partial charge is 0.462 e. The third-order valence-corrected chi connectivity index (χ3v) is 5.80. The molecular formula is C28H28O7. The second kappa shape index (κ2) is 10.2. The number of fused-ring (bicyclic) bond motifs is 1. The number of hydrogen-bond acceptors (Lipinski definition) is 7. The number of para-hydroxylation sites is 1. The lowest BCUT2D eigenvalue weighted by Crippen LogP contribution is -2.59. The van der Waals surface area contributed by atoms with Crippen LogP contribution in [-0.4, -0.2) is 42.6 Å². The highest BCUT2D eigenvalue weighted by molar-refractivity contribution is 5.89. The van der Waals surface area contributed by atoms with Gasteiger partial charge >= 0.3 is 5.97 Å². The summed E-state index contributed by atoms with van der Waals surface area (Å²) in [5.74, 6) is -0.809. The molecule has 0 N–H and O–H groups in total. The van der Waals surface area contributed by atoms with E-state index in [0.29, 0.717) is 11.3 Å². The number of carbonyl (C=O) groups is 1. The molecule has 2 aliphatic rings. The Hall–Kier alpha value is -3.23. The van der Waals surface area contributed by atoms with E-state index < -0.39 is 42.6 Å². The van der Waals surface area contributed by atoms with Gasteiger partial charge in [0, 0.05) is 0 Å². The lowest BCUT2D eigenvalue weighted by molar-refractivity contribution is -0.317. The Morgan fingerprint density at radius 3 is 2.09 bits per heavy atom. The van der Waals surface area contributed by atoms with Crippen molar-refractivity contribution < 1.29 is 33.2 Å². The van der Waals surface area contributed by atoms with E-state index in [0.717, 1.165) is 5.56 Å². The summed E-state index contributed by atoms with van der Waals surface area (Å²) in [7, 11) is 0. The first kappa shape index (κ1) is 23.5. The Labute approximate surface area is 204 Å². The summed E-state index contributed by atoms with van der Waals surface area (Å²) in [5, 5.41) is 0. The van der Waals surface area contributed by atoms with E-state index in [1.54, 1.807) is 38.1 Å². The highest BCUT2D eigenvalue weighted by Crippen LogP contribution is 2.40. The third-order valence-electron chi connectivity index (χ3n) is 5.80. The summed E-state index contributed by atoms with van der Waals surface area (Å²) in [4.78, 5) is 13.0. The summed E-state index contributed by atoms with van der Waals surface area (Å²) < 4.78 is 36.8. The van der Waals surface area contributed by atoms with Crippen molar-refractivity contribution in [2.24, 2.45) is 0 Å². The smallest absolute Gasteiger partial charge is 0.338 e. The minimum Gasteiger partial charge on any atom is -0.462 e. The fourth-order valence-corrected chi connectivity index (χ4v) is 4.23. The van der Waals surface area contributed by atoms with Gasteiger partial charge in [-0.3, -0.25) is 0 Å². The van der Waals surface area contributed by atoms with E-state index in [-0.39, 0.29) is 6.61 Å². The third kappa shape index (κ3) is 5.55. The van der Waals surface area contributed by atoms with E-state index in [9.17, 15) is 4.79 Å². The Morgan fingerprint density at radius 2 is 1.40 bits per heavy atom. The van der Waals surface area contributed by atoms with Gasteiger partial charge < -0.3 is 28.4 Å². The average molecular weight is 477 g/mol. The van der Waals surface area contributed by atoms with E-state index in [4.69, 9.17) is 28.4 Å². The molecule has 182 valence electrons. The van der Waals surface area contributed by atoms with Crippen LogP contribution in [0.2, 0.25) is 0 Å². The molecule has 2 aliphatic heterocycles. The Balaban J connectivity index is 1.42. The maximum absolute atomic E-state index is 13.0. The second-order valence-electron chi connectivity index (χ2n) is 8.90.